The van der Waals surface area contributed by atoms with Gasteiger partial charge in [0.15, 0.2) is 0 Å². The maximum absolute atomic E-state index is 13.4. The number of anilines is 2. The molecule has 1 aliphatic carbocycles. The van der Waals surface area contributed by atoms with Crippen LogP contribution in [0.3, 0.4) is 0 Å². The van der Waals surface area contributed by atoms with Crippen LogP contribution in [0.1, 0.15) is 62.4 Å². The quantitative estimate of drug-likeness (QED) is 0.722. The Kier molecular flexibility index (Phi) is 5.75. The number of fused-ring (bicyclic) bond motifs is 1. The number of aryl methyl sites for hydroxylation is 2. The van der Waals surface area contributed by atoms with Crippen LogP contribution in [0.2, 0.25) is 0 Å². The van der Waals surface area contributed by atoms with E-state index in [0.717, 1.165) is 41.9 Å². The van der Waals surface area contributed by atoms with Gasteiger partial charge in [-0.05, 0) is 62.6 Å². The third kappa shape index (κ3) is 3.47. The molecule has 30 heavy (non-hydrogen) atoms. The predicted octanol–water partition coefficient (Wildman–Crippen LogP) is 4.92. The summed E-state index contributed by atoms with van der Waals surface area (Å²) in [4.78, 5) is 23.2. The molecular weight excluding hydrogens is 372 g/mol. The molecule has 1 saturated carbocycles. The van der Waals surface area contributed by atoms with Crippen molar-refractivity contribution in [2.75, 3.05) is 11.6 Å². The van der Waals surface area contributed by atoms with Crippen LogP contribution in [0.4, 0.5) is 11.6 Å². The second-order valence-electron chi connectivity index (χ2n) is 9.42. The highest BCUT2D eigenvalue weighted by atomic mass is 16.1. The van der Waals surface area contributed by atoms with E-state index in [1.807, 2.05) is 18.4 Å². The molecule has 5 nitrogen and oxygen atoms in total. The van der Waals surface area contributed by atoms with E-state index in [9.17, 15) is 4.79 Å². The first-order valence-electron chi connectivity index (χ1n) is 11.5. The van der Waals surface area contributed by atoms with Gasteiger partial charge in [0.1, 0.15) is 0 Å². The molecule has 3 unspecified atom stereocenters. The summed E-state index contributed by atoms with van der Waals surface area (Å²) >= 11 is 0. The van der Waals surface area contributed by atoms with E-state index in [2.05, 4.69) is 55.7 Å². The lowest BCUT2D eigenvalue weighted by Gasteiger charge is -2.47. The van der Waals surface area contributed by atoms with Crippen molar-refractivity contribution in [3.63, 3.8) is 0 Å². The third-order valence-corrected chi connectivity index (χ3v) is 7.69. The Morgan fingerprint density at radius 2 is 1.87 bits per heavy atom. The van der Waals surface area contributed by atoms with E-state index in [1.54, 1.807) is 0 Å². The van der Waals surface area contributed by atoms with Crippen molar-refractivity contribution in [3.8, 4) is 0 Å². The van der Waals surface area contributed by atoms with Crippen molar-refractivity contribution in [3.05, 3.63) is 50.9 Å². The molecule has 0 N–H and O–H groups in total. The van der Waals surface area contributed by atoms with Gasteiger partial charge >= 0.3 is 0 Å². The average molecular weight is 409 g/mol. The fourth-order valence-electron chi connectivity index (χ4n) is 5.39. The minimum absolute atomic E-state index is 0.122. The molecule has 1 aliphatic heterocycles. The first-order valence-corrected chi connectivity index (χ1v) is 11.5. The van der Waals surface area contributed by atoms with Gasteiger partial charge in [0.2, 0.25) is 5.95 Å². The Bertz CT molecular complexity index is 995. The first-order chi connectivity index (χ1) is 14.3. The Morgan fingerprint density at radius 1 is 1.10 bits per heavy atom. The largest absolute Gasteiger partial charge is 0.298 e. The SMILES string of the molecule is CCc1c(C)nc2n(c1=O)CN(C1CCCC(C)C1C)CN2c1cccc(C)c1C. The van der Waals surface area contributed by atoms with Crippen LogP contribution in [0.25, 0.3) is 0 Å². The van der Waals surface area contributed by atoms with Crippen molar-refractivity contribution in [2.45, 2.75) is 79.9 Å². The van der Waals surface area contributed by atoms with Gasteiger partial charge in [-0.3, -0.25) is 19.2 Å². The van der Waals surface area contributed by atoms with Crippen LogP contribution in [-0.4, -0.2) is 27.2 Å². The molecule has 2 aliphatic rings. The Hall–Kier alpha value is -2.14. The van der Waals surface area contributed by atoms with Gasteiger partial charge in [0, 0.05) is 23.0 Å². The van der Waals surface area contributed by atoms with Gasteiger partial charge in [0.05, 0.1) is 13.3 Å². The van der Waals surface area contributed by atoms with E-state index in [0.29, 0.717) is 18.6 Å². The number of nitrogens with zero attached hydrogens (tertiary/aromatic N) is 4. The fourth-order valence-corrected chi connectivity index (χ4v) is 5.39. The molecule has 0 saturated heterocycles. The lowest BCUT2D eigenvalue weighted by molar-refractivity contribution is 0.0491. The number of rotatable bonds is 3. The van der Waals surface area contributed by atoms with Gasteiger partial charge in [-0.15, -0.1) is 0 Å². The van der Waals surface area contributed by atoms with Crippen molar-refractivity contribution in [1.82, 2.24) is 14.5 Å². The second kappa shape index (κ2) is 8.18. The minimum Gasteiger partial charge on any atom is -0.298 e. The van der Waals surface area contributed by atoms with Gasteiger partial charge < -0.3 is 0 Å². The molecule has 1 aromatic carbocycles. The summed E-state index contributed by atoms with van der Waals surface area (Å²) < 4.78 is 1.92. The number of hydrogen-bond acceptors (Lipinski definition) is 4. The average Bonchev–Trinajstić information content (AvgIpc) is 2.72. The zero-order valence-electron chi connectivity index (χ0n) is 19.4. The Balaban J connectivity index is 1.85. The summed E-state index contributed by atoms with van der Waals surface area (Å²) in [5, 5.41) is 0. The standard InChI is InChI=1S/C25H36N4O/c1-7-21-20(6)26-25-28(23-13-9-11-17(3)19(23)5)14-27(15-29(25)24(21)30)22-12-8-10-16(2)18(22)4/h9,11,13,16,18,22H,7-8,10,12,14-15H2,1-6H3. The molecule has 0 bridgehead atoms. The Labute approximate surface area is 180 Å². The topological polar surface area (TPSA) is 41.4 Å². The summed E-state index contributed by atoms with van der Waals surface area (Å²) in [7, 11) is 0. The van der Waals surface area contributed by atoms with Gasteiger partial charge in [-0.1, -0.05) is 45.7 Å². The van der Waals surface area contributed by atoms with E-state index >= 15 is 0 Å². The highest BCUT2D eigenvalue weighted by Crippen LogP contribution is 2.37. The van der Waals surface area contributed by atoms with Crippen molar-refractivity contribution < 1.29 is 0 Å². The lowest BCUT2D eigenvalue weighted by atomic mass is 9.77. The molecule has 5 heteroatoms. The summed E-state index contributed by atoms with van der Waals surface area (Å²) in [6.07, 6.45) is 4.50. The smallest absolute Gasteiger partial charge is 0.259 e. The Morgan fingerprint density at radius 3 is 2.60 bits per heavy atom. The van der Waals surface area contributed by atoms with Crippen LogP contribution < -0.4 is 10.5 Å². The molecule has 162 valence electrons. The summed E-state index contributed by atoms with van der Waals surface area (Å²) in [5.74, 6) is 2.13. The van der Waals surface area contributed by atoms with Crippen molar-refractivity contribution in [1.29, 1.82) is 0 Å². The second-order valence-corrected chi connectivity index (χ2v) is 9.42. The molecule has 2 heterocycles. The molecule has 1 aromatic heterocycles. The molecule has 1 fully saturated rings. The molecule has 3 atom stereocenters. The van der Waals surface area contributed by atoms with Crippen molar-refractivity contribution in [2.24, 2.45) is 11.8 Å². The highest BCUT2D eigenvalue weighted by molar-refractivity contribution is 5.64. The summed E-state index contributed by atoms with van der Waals surface area (Å²) in [5.41, 5.74) is 5.49. The lowest BCUT2D eigenvalue weighted by Crippen LogP contribution is -2.54. The molecule has 0 radical (unpaired) electrons. The maximum Gasteiger partial charge on any atom is 0.259 e. The predicted molar refractivity (Wildman–Crippen MR) is 123 cm³/mol. The fraction of sp³-hybridized carbons (Fsp3) is 0.600. The summed E-state index contributed by atoms with van der Waals surface area (Å²) in [6.45, 7) is 14.5. The number of benzene rings is 1. The van der Waals surface area contributed by atoms with Crippen LogP contribution in [0.15, 0.2) is 23.0 Å². The third-order valence-electron chi connectivity index (χ3n) is 7.69. The van der Waals surface area contributed by atoms with Gasteiger partial charge in [0.25, 0.3) is 5.56 Å². The molecule has 0 spiro atoms. The van der Waals surface area contributed by atoms with Crippen LogP contribution in [0.5, 0.6) is 0 Å². The van der Waals surface area contributed by atoms with E-state index in [1.165, 1.54) is 30.4 Å². The zero-order valence-corrected chi connectivity index (χ0v) is 19.4. The first kappa shape index (κ1) is 21.1. The van der Waals surface area contributed by atoms with Gasteiger partial charge in [-0.25, -0.2) is 4.98 Å². The van der Waals surface area contributed by atoms with E-state index in [4.69, 9.17) is 4.98 Å². The monoisotopic (exact) mass is 408 g/mol. The molecule has 2 aromatic rings. The molecule has 4 rings (SSSR count). The maximum atomic E-state index is 13.4. The summed E-state index contributed by atoms with van der Waals surface area (Å²) in [6, 6.07) is 6.92. The normalized spacial score (nSPS) is 24.7. The van der Waals surface area contributed by atoms with Crippen LogP contribution >= 0.6 is 0 Å². The highest BCUT2D eigenvalue weighted by Gasteiger charge is 2.37. The van der Waals surface area contributed by atoms with E-state index < -0.39 is 0 Å². The number of hydrogen-bond donors (Lipinski definition) is 0. The molecule has 0 amide bonds. The number of aromatic nitrogens is 2. The van der Waals surface area contributed by atoms with Gasteiger partial charge in [-0.2, -0.15) is 0 Å². The van der Waals surface area contributed by atoms with Crippen LogP contribution in [-0.2, 0) is 13.1 Å². The van der Waals surface area contributed by atoms with Crippen LogP contribution in [0, 0.1) is 32.6 Å². The zero-order chi connectivity index (χ0) is 21.6. The van der Waals surface area contributed by atoms with E-state index in [-0.39, 0.29) is 5.56 Å². The minimum atomic E-state index is 0.122. The van der Waals surface area contributed by atoms with Crippen molar-refractivity contribution >= 4 is 11.6 Å². The molecular formula is C25H36N4O.